The van der Waals surface area contributed by atoms with Crippen LogP contribution in [0.5, 0.6) is 5.75 Å². The summed E-state index contributed by atoms with van der Waals surface area (Å²) in [6.07, 6.45) is 1.65. The van der Waals surface area contributed by atoms with E-state index >= 15 is 0 Å². The van der Waals surface area contributed by atoms with Gasteiger partial charge in [-0.15, -0.1) is 0 Å². The third kappa shape index (κ3) is 3.29. The Morgan fingerprint density at radius 1 is 1.54 bits per heavy atom. The van der Waals surface area contributed by atoms with Crippen molar-refractivity contribution >= 4 is 5.82 Å². The first kappa shape index (κ1) is 9.80. The number of nitrogens with zero attached hydrogens (tertiary/aromatic N) is 1. The predicted octanol–water partition coefficient (Wildman–Crippen LogP) is -0.813. The predicted molar refractivity (Wildman–Crippen MR) is 51.8 cm³/mol. The number of anilines is 1. The van der Waals surface area contributed by atoms with Gasteiger partial charge in [-0.05, 0) is 12.1 Å². The number of ether oxygens (including phenoxy) is 1. The highest BCUT2D eigenvalue weighted by Gasteiger charge is 2.00. The molecule has 1 aromatic heterocycles. The van der Waals surface area contributed by atoms with Crippen LogP contribution in [0.3, 0.4) is 0 Å². The lowest BCUT2D eigenvalue weighted by Gasteiger charge is -2.09. The second-order valence-electron chi connectivity index (χ2n) is 3.19. The van der Waals surface area contributed by atoms with E-state index in [-0.39, 0.29) is 0 Å². The van der Waals surface area contributed by atoms with Gasteiger partial charge in [-0.2, -0.15) is 0 Å². The van der Waals surface area contributed by atoms with Gasteiger partial charge < -0.3 is 15.4 Å². The van der Waals surface area contributed by atoms with E-state index in [0.717, 1.165) is 6.54 Å². The number of quaternary nitrogens is 1. The molecule has 0 aliphatic carbocycles. The van der Waals surface area contributed by atoms with Crippen molar-refractivity contribution in [1.29, 1.82) is 0 Å². The summed E-state index contributed by atoms with van der Waals surface area (Å²) in [7, 11) is 4.16. The normalized spacial score (nSPS) is 10.4. The van der Waals surface area contributed by atoms with Gasteiger partial charge in [0.05, 0.1) is 14.1 Å². The first-order valence-electron chi connectivity index (χ1n) is 4.32. The van der Waals surface area contributed by atoms with Gasteiger partial charge in [0.25, 0.3) is 0 Å². The number of likely N-dealkylation sites (N-methyl/N-ethyl adjacent to an activating group) is 1. The Bertz CT molecular complexity index is 263. The van der Waals surface area contributed by atoms with Gasteiger partial charge in [0.2, 0.25) is 0 Å². The fourth-order valence-corrected chi connectivity index (χ4v) is 0.890. The molecule has 0 aromatic carbocycles. The van der Waals surface area contributed by atoms with Crippen LogP contribution in [0.1, 0.15) is 0 Å². The van der Waals surface area contributed by atoms with Crippen LogP contribution in [0.2, 0.25) is 0 Å². The average molecular weight is 182 g/mol. The van der Waals surface area contributed by atoms with Crippen molar-refractivity contribution in [2.75, 3.05) is 33.0 Å². The number of hydrogen-bond donors (Lipinski definition) is 2. The van der Waals surface area contributed by atoms with Crippen LogP contribution in [0.4, 0.5) is 5.82 Å². The summed E-state index contributed by atoms with van der Waals surface area (Å²) >= 11 is 0. The first-order valence-corrected chi connectivity index (χ1v) is 4.32. The Kier molecular flexibility index (Phi) is 3.52. The second kappa shape index (κ2) is 4.67. The molecule has 0 fully saturated rings. The van der Waals surface area contributed by atoms with E-state index in [1.807, 2.05) is 12.1 Å². The minimum atomic E-state index is 0.455. The van der Waals surface area contributed by atoms with Gasteiger partial charge in [-0.3, -0.25) is 0 Å². The molecule has 1 heterocycles. The molecule has 0 aliphatic rings. The summed E-state index contributed by atoms with van der Waals surface area (Å²) < 4.78 is 5.44. The summed E-state index contributed by atoms with van der Waals surface area (Å²) in [5.74, 6) is 1.13. The number of nitrogens with one attached hydrogen (secondary N) is 1. The van der Waals surface area contributed by atoms with Crippen molar-refractivity contribution in [2.24, 2.45) is 0 Å². The van der Waals surface area contributed by atoms with Gasteiger partial charge in [0.15, 0.2) is 11.6 Å². The summed E-state index contributed by atoms with van der Waals surface area (Å²) in [6, 6.07) is 3.64. The lowest BCUT2D eigenvalue weighted by atomic mass is 10.4. The molecule has 3 N–H and O–H groups in total. The van der Waals surface area contributed by atoms with Crippen LogP contribution in [-0.4, -0.2) is 32.2 Å². The minimum absolute atomic E-state index is 0.455. The van der Waals surface area contributed by atoms with Crippen molar-refractivity contribution in [3.8, 4) is 5.75 Å². The largest absolute Gasteiger partial charge is 0.484 e. The van der Waals surface area contributed by atoms with Crippen molar-refractivity contribution < 1.29 is 9.64 Å². The van der Waals surface area contributed by atoms with E-state index in [4.69, 9.17) is 10.5 Å². The highest BCUT2D eigenvalue weighted by atomic mass is 16.5. The Labute approximate surface area is 78.3 Å². The molecule has 0 saturated carbocycles. The van der Waals surface area contributed by atoms with Gasteiger partial charge in [-0.1, -0.05) is 0 Å². The van der Waals surface area contributed by atoms with E-state index in [9.17, 15) is 0 Å². The van der Waals surface area contributed by atoms with E-state index in [1.54, 1.807) is 6.20 Å². The topological polar surface area (TPSA) is 52.6 Å². The van der Waals surface area contributed by atoms with E-state index < -0.39 is 0 Å². The monoisotopic (exact) mass is 182 g/mol. The highest BCUT2D eigenvalue weighted by Crippen LogP contribution is 2.15. The molecule has 1 rings (SSSR count). The summed E-state index contributed by atoms with van der Waals surface area (Å²) in [5.41, 5.74) is 5.59. The van der Waals surface area contributed by atoms with Crippen LogP contribution < -0.4 is 15.4 Å². The van der Waals surface area contributed by atoms with Crippen molar-refractivity contribution in [3.05, 3.63) is 18.3 Å². The SMILES string of the molecule is C[NH+](C)CCOc1cccnc1N. The van der Waals surface area contributed by atoms with Gasteiger partial charge in [0, 0.05) is 6.20 Å². The molecule has 1 aromatic rings. The van der Waals surface area contributed by atoms with Crippen molar-refractivity contribution in [2.45, 2.75) is 0 Å². The molecule has 0 radical (unpaired) electrons. The highest BCUT2D eigenvalue weighted by molar-refractivity contribution is 5.44. The molecule has 0 saturated heterocycles. The third-order valence-corrected chi connectivity index (χ3v) is 1.66. The fourth-order valence-electron chi connectivity index (χ4n) is 0.890. The van der Waals surface area contributed by atoms with E-state index in [2.05, 4.69) is 19.1 Å². The standard InChI is InChI=1S/C9H15N3O/c1-12(2)6-7-13-8-4-3-5-11-9(8)10/h3-5H,6-7H2,1-2H3,(H2,10,11)/p+1. The Hall–Kier alpha value is -1.29. The number of nitrogens with two attached hydrogens (primary N) is 1. The van der Waals surface area contributed by atoms with Crippen molar-refractivity contribution in [1.82, 2.24) is 4.98 Å². The number of rotatable bonds is 4. The van der Waals surface area contributed by atoms with Gasteiger partial charge >= 0.3 is 0 Å². The second-order valence-corrected chi connectivity index (χ2v) is 3.19. The molecule has 72 valence electrons. The molecule has 0 bridgehead atoms. The van der Waals surface area contributed by atoms with Gasteiger partial charge in [-0.25, -0.2) is 4.98 Å². The number of pyridine rings is 1. The quantitative estimate of drug-likeness (QED) is 0.640. The Morgan fingerprint density at radius 3 is 2.92 bits per heavy atom. The molecule has 4 heteroatoms. The van der Waals surface area contributed by atoms with Crippen LogP contribution in [0.25, 0.3) is 0 Å². The van der Waals surface area contributed by atoms with Crippen molar-refractivity contribution in [3.63, 3.8) is 0 Å². The fraction of sp³-hybridized carbons (Fsp3) is 0.444. The summed E-state index contributed by atoms with van der Waals surface area (Å²) in [5, 5.41) is 0. The number of nitrogen functional groups attached to an aromatic ring is 1. The third-order valence-electron chi connectivity index (χ3n) is 1.66. The van der Waals surface area contributed by atoms with E-state index in [0.29, 0.717) is 18.2 Å². The smallest absolute Gasteiger partial charge is 0.166 e. The maximum absolute atomic E-state index is 5.59. The maximum Gasteiger partial charge on any atom is 0.166 e. The molecular formula is C9H16N3O+. The molecule has 0 amide bonds. The van der Waals surface area contributed by atoms with Crippen LogP contribution >= 0.6 is 0 Å². The minimum Gasteiger partial charge on any atom is -0.484 e. The number of aromatic nitrogens is 1. The zero-order valence-electron chi connectivity index (χ0n) is 8.08. The molecule has 0 spiro atoms. The number of hydrogen-bond acceptors (Lipinski definition) is 3. The lowest BCUT2D eigenvalue weighted by molar-refractivity contribution is -0.858. The van der Waals surface area contributed by atoms with Crippen LogP contribution in [0, 0.1) is 0 Å². The van der Waals surface area contributed by atoms with Crippen LogP contribution in [-0.2, 0) is 0 Å². The van der Waals surface area contributed by atoms with Gasteiger partial charge in [0.1, 0.15) is 13.2 Å². The molecule has 13 heavy (non-hydrogen) atoms. The molecular weight excluding hydrogens is 166 g/mol. The average Bonchev–Trinajstić information content (AvgIpc) is 2.08. The zero-order chi connectivity index (χ0) is 9.68. The Morgan fingerprint density at radius 2 is 2.31 bits per heavy atom. The molecule has 4 nitrogen and oxygen atoms in total. The molecule has 0 atom stereocenters. The van der Waals surface area contributed by atoms with E-state index in [1.165, 1.54) is 4.90 Å². The first-order chi connectivity index (χ1) is 6.20. The summed E-state index contributed by atoms with van der Waals surface area (Å²) in [4.78, 5) is 5.27. The van der Waals surface area contributed by atoms with Crippen LogP contribution in [0.15, 0.2) is 18.3 Å². The molecule has 0 unspecified atom stereocenters. The summed E-state index contributed by atoms with van der Waals surface area (Å²) in [6.45, 7) is 1.62. The maximum atomic E-state index is 5.59. The lowest BCUT2D eigenvalue weighted by Crippen LogP contribution is -3.06. The Balaban J connectivity index is 2.41. The zero-order valence-corrected chi connectivity index (χ0v) is 8.08. The molecule has 0 aliphatic heterocycles.